The second-order valence-electron chi connectivity index (χ2n) is 7.03. The summed E-state index contributed by atoms with van der Waals surface area (Å²) < 4.78 is 45.6. The van der Waals surface area contributed by atoms with Crippen molar-refractivity contribution in [2.75, 3.05) is 23.8 Å². The molecule has 2 aromatic carbocycles. The zero-order valence-corrected chi connectivity index (χ0v) is 18.0. The predicted molar refractivity (Wildman–Crippen MR) is 114 cm³/mol. The third-order valence-corrected chi connectivity index (χ3v) is 7.91. The van der Waals surface area contributed by atoms with Crippen LogP contribution in [0.5, 0.6) is 0 Å². The molecule has 0 N–H and O–H groups in total. The Morgan fingerprint density at radius 3 is 2.77 bits per heavy atom. The van der Waals surface area contributed by atoms with Crippen LogP contribution in [0.15, 0.2) is 47.4 Å². The van der Waals surface area contributed by atoms with Gasteiger partial charge in [-0.1, -0.05) is 36.5 Å². The van der Waals surface area contributed by atoms with E-state index in [1.807, 2.05) is 0 Å². The SMILES string of the molecule is CCS(=O)(=O)c1ccccc1C(=O)N(CC1CCCO1)c1nc2c(F)cccc2s1. The van der Waals surface area contributed by atoms with Crippen molar-refractivity contribution >= 4 is 42.4 Å². The Labute approximate surface area is 178 Å². The van der Waals surface area contributed by atoms with Crippen molar-refractivity contribution in [1.82, 2.24) is 4.98 Å². The van der Waals surface area contributed by atoms with Crippen molar-refractivity contribution in [3.8, 4) is 0 Å². The van der Waals surface area contributed by atoms with Crippen LogP contribution < -0.4 is 4.90 Å². The van der Waals surface area contributed by atoms with Gasteiger partial charge >= 0.3 is 0 Å². The molecule has 1 unspecified atom stereocenters. The lowest BCUT2D eigenvalue weighted by Crippen LogP contribution is -2.38. The van der Waals surface area contributed by atoms with E-state index in [0.29, 0.717) is 16.4 Å². The van der Waals surface area contributed by atoms with E-state index in [1.54, 1.807) is 24.3 Å². The van der Waals surface area contributed by atoms with E-state index in [4.69, 9.17) is 4.74 Å². The molecule has 6 nitrogen and oxygen atoms in total. The highest BCUT2D eigenvalue weighted by molar-refractivity contribution is 7.91. The normalized spacial score (nSPS) is 16.8. The molecule has 9 heteroatoms. The Balaban J connectivity index is 1.80. The van der Waals surface area contributed by atoms with Crippen LogP contribution in [0.2, 0.25) is 0 Å². The van der Waals surface area contributed by atoms with Crippen molar-refractivity contribution in [3.63, 3.8) is 0 Å². The lowest BCUT2D eigenvalue weighted by atomic mass is 10.1. The van der Waals surface area contributed by atoms with Gasteiger partial charge in [0.05, 0.1) is 33.6 Å². The third-order valence-electron chi connectivity index (χ3n) is 5.08. The smallest absolute Gasteiger partial charge is 0.261 e. The summed E-state index contributed by atoms with van der Waals surface area (Å²) in [5, 5.41) is 0.319. The highest BCUT2D eigenvalue weighted by Crippen LogP contribution is 2.33. The van der Waals surface area contributed by atoms with Gasteiger partial charge in [0.15, 0.2) is 15.0 Å². The summed E-state index contributed by atoms with van der Waals surface area (Å²) in [6.07, 6.45) is 1.50. The predicted octanol–water partition coefficient (Wildman–Crippen LogP) is 4.05. The molecule has 1 fully saturated rings. The van der Waals surface area contributed by atoms with Crippen LogP contribution in [-0.4, -0.2) is 44.3 Å². The number of halogens is 1. The molecule has 0 radical (unpaired) electrons. The van der Waals surface area contributed by atoms with Gasteiger partial charge in [-0.05, 0) is 37.1 Å². The number of hydrogen-bond donors (Lipinski definition) is 0. The number of carbonyl (C=O) groups excluding carboxylic acids is 1. The van der Waals surface area contributed by atoms with Gasteiger partial charge in [-0.3, -0.25) is 9.69 Å². The van der Waals surface area contributed by atoms with Gasteiger partial charge in [0.2, 0.25) is 0 Å². The Bertz CT molecular complexity index is 1190. The van der Waals surface area contributed by atoms with E-state index in [9.17, 15) is 17.6 Å². The molecule has 4 rings (SSSR count). The molecule has 1 amide bonds. The Kier molecular flexibility index (Phi) is 5.86. The molecule has 30 heavy (non-hydrogen) atoms. The minimum atomic E-state index is -3.60. The zero-order chi connectivity index (χ0) is 21.3. The van der Waals surface area contributed by atoms with Crippen LogP contribution in [0.4, 0.5) is 9.52 Å². The summed E-state index contributed by atoms with van der Waals surface area (Å²) in [6, 6.07) is 10.8. The fourth-order valence-electron chi connectivity index (χ4n) is 3.47. The first-order valence-electron chi connectivity index (χ1n) is 9.71. The molecule has 0 spiro atoms. The number of carbonyl (C=O) groups is 1. The van der Waals surface area contributed by atoms with Gasteiger partial charge in [-0.15, -0.1) is 0 Å². The summed E-state index contributed by atoms with van der Waals surface area (Å²) in [7, 11) is -3.60. The number of nitrogens with zero attached hydrogens (tertiary/aromatic N) is 2. The maximum atomic E-state index is 14.2. The number of fused-ring (bicyclic) bond motifs is 1. The first kappa shape index (κ1) is 20.9. The standard InChI is InChI=1S/C21H21FN2O4S2/c1-2-30(26,27)18-11-4-3-8-15(18)20(25)24(13-14-7-6-12-28-14)21-23-19-16(22)9-5-10-17(19)29-21/h3-5,8-11,14H,2,6-7,12-13H2,1H3. The van der Waals surface area contributed by atoms with Gasteiger partial charge in [-0.2, -0.15) is 0 Å². The summed E-state index contributed by atoms with van der Waals surface area (Å²) >= 11 is 1.19. The van der Waals surface area contributed by atoms with E-state index in [-0.39, 0.29) is 34.4 Å². The molecular formula is C21H21FN2O4S2. The summed E-state index contributed by atoms with van der Waals surface area (Å²) in [6.45, 7) is 2.37. The van der Waals surface area contributed by atoms with Gasteiger partial charge in [0.1, 0.15) is 11.3 Å². The van der Waals surface area contributed by atoms with Crippen molar-refractivity contribution in [3.05, 3.63) is 53.8 Å². The van der Waals surface area contributed by atoms with Crippen molar-refractivity contribution in [1.29, 1.82) is 0 Å². The average molecular weight is 449 g/mol. The van der Waals surface area contributed by atoms with Crippen molar-refractivity contribution in [2.45, 2.75) is 30.8 Å². The van der Waals surface area contributed by atoms with Crippen LogP contribution in [0.3, 0.4) is 0 Å². The maximum absolute atomic E-state index is 14.2. The molecule has 1 saturated heterocycles. The van der Waals surface area contributed by atoms with Gasteiger partial charge in [-0.25, -0.2) is 17.8 Å². The number of para-hydroxylation sites is 1. The van der Waals surface area contributed by atoms with E-state index >= 15 is 0 Å². The molecule has 158 valence electrons. The van der Waals surface area contributed by atoms with Gasteiger partial charge in [0.25, 0.3) is 5.91 Å². The fraction of sp³-hybridized carbons (Fsp3) is 0.333. The number of benzene rings is 2. The first-order chi connectivity index (χ1) is 14.4. The highest BCUT2D eigenvalue weighted by atomic mass is 32.2. The molecule has 3 aromatic rings. The second-order valence-corrected chi connectivity index (χ2v) is 10.3. The van der Waals surface area contributed by atoms with Crippen LogP contribution in [0.1, 0.15) is 30.1 Å². The number of amides is 1. The maximum Gasteiger partial charge on any atom is 0.261 e. The van der Waals surface area contributed by atoms with E-state index in [0.717, 1.165) is 12.8 Å². The Morgan fingerprint density at radius 2 is 2.07 bits per heavy atom. The molecule has 0 bridgehead atoms. The van der Waals surface area contributed by atoms with Crippen molar-refractivity contribution in [2.24, 2.45) is 0 Å². The second kappa shape index (κ2) is 8.41. The minimum absolute atomic E-state index is 0.0119. The fourth-order valence-corrected chi connectivity index (χ4v) is 5.55. The Morgan fingerprint density at radius 1 is 1.27 bits per heavy atom. The summed E-state index contributed by atoms with van der Waals surface area (Å²) in [5.74, 6) is -1.07. The first-order valence-corrected chi connectivity index (χ1v) is 12.2. The number of aromatic nitrogens is 1. The Hall–Kier alpha value is -2.36. The van der Waals surface area contributed by atoms with Crippen LogP contribution in [0, 0.1) is 5.82 Å². The van der Waals surface area contributed by atoms with E-state index < -0.39 is 21.6 Å². The molecule has 1 aromatic heterocycles. The van der Waals surface area contributed by atoms with Crippen LogP contribution >= 0.6 is 11.3 Å². The zero-order valence-electron chi connectivity index (χ0n) is 16.4. The van der Waals surface area contributed by atoms with Crippen molar-refractivity contribution < 1.29 is 22.3 Å². The van der Waals surface area contributed by atoms with Crippen LogP contribution in [-0.2, 0) is 14.6 Å². The third kappa shape index (κ3) is 3.97. The topological polar surface area (TPSA) is 76.6 Å². The molecule has 1 aliphatic rings. The number of thiazole rings is 1. The van der Waals surface area contributed by atoms with E-state index in [1.165, 1.54) is 41.4 Å². The van der Waals surface area contributed by atoms with Gasteiger partial charge in [0, 0.05) is 6.61 Å². The largest absolute Gasteiger partial charge is 0.376 e. The minimum Gasteiger partial charge on any atom is -0.376 e. The van der Waals surface area contributed by atoms with Gasteiger partial charge < -0.3 is 4.74 Å². The van der Waals surface area contributed by atoms with Crippen LogP contribution in [0.25, 0.3) is 10.2 Å². The number of ether oxygens (including phenoxy) is 1. The summed E-state index contributed by atoms with van der Waals surface area (Å²) in [5.41, 5.74) is 0.272. The quantitative estimate of drug-likeness (QED) is 0.569. The summed E-state index contributed by atoms with van der Waals surface area (Å²) in [4.78, 5) is 19.3. The molecule has 1 aliphatic heterocycles. The average Bonchev–Trinajstić information content (AvgIpc) is 3.42. The highest BCUT2D eigenvalue weighted by Gasteiger charge is 2.30. The number of anilines is 1. The molecule has 2 heterocycles. The number of rotatable bonds is 6. The monoisotopic (exact) mass is 448 g/mol. The molecular weight excluding hydrogens is 427 g/mol. The number of sulfone groups is 1. The van der Waals surface area contributed by atoms with E-state index in [2.05, 4.69) is 4.98 Å². The molecule has 0 saturated carbocycles. The number of hydrogen-bond acceptors (Lipinski definition) is 6. The molecule has 1 atom stereocenters. The lowest BCUT2D eigenvalue weighted by molar-refractivity contribution is 0.0915. The lowest BCUT2D eigenvalue weighted by Gasteiger charge is -2.24. The molecule has 0 aliphatic carbocycles.